The van der Waals surface area contributed by atoms with Crippen LogP contribution in [-0.2, 0) is 9.59 Å². The van der Waals surface area contributed by atoms with Crippen LogP contribution >= 0.6 is 0 Å². The highest BCUT2D eigenvalue weighted by atomic mass is 16.7. The minimum absolute atomic E-state index is 0.101. The molecule has 144 valence electrons. The Kier molecular flexibility index (Phi) is 5.59. The molecule has 2 N–H and O–H groups in total. The highest BCUT2D eigenvalue weighted by molar-refractivity contribution is 6.06. The Balaban J connectivity index is 1.88. The van der Waals surface area contributed by atoms with Crippen molar-refractivity contribution in [2.45, 2.75) is 13.0 Å². The molecule has 0 saturated heterocycles. The topological polar surface area (TPSA) is 117 Å². The molecule has 2 aromatic carbocycles. The van der Waals surface area contributed by atoms with E-state index in [0.29, 0.717) is 22.6 Å². The van der Waals surface area contributed by atoms with Gasteiger partial charge in [0.25, 0.3) is 11.8 Å². The molecule has 0 unspecified atom stereocenters. The van der Waals surface area contributed by atoms with Gasteiger partial charge in [-0.15, -0.1) is 0 Å². The normalized spacial score (nSPS) is 13.5. The van der Waals surface area contributed by atoms with Gasteiger partial charge in [-0.1, -0.05) is 24.3 Å². The van der Waals surface area contributed by atoms with Crippen molar-refractivity contribution in [1.82, 2.24) is 10.6 Å². The molecule has 1 aliphatic heterocycles. The average molecular weight is 381 g/mol. The fourth-order valence-electron chi connectivity index (χ4n) is 2.45. The molecular formula is C20H17N2O6-. The third-order valence-electron chi connectivity index (χ3n) is 3.94. The van der Waals surface area contributed by atoms with E-state index in [1.807, 2.05) is 0 Å². The standard InChI is InChI=1S/C20H18N2O6/c1-12(20(25)26)21-19(24)15(22-18(23)14-5-3-2-4-6-14)9-13-7-8-16-17(10-13)28-11-27-16/h2-10,12H,11H2,1H3,(H,21,24)(H,22,23)(H,25,26)/p-1/b15-9+/t12-/m1/s1. The minimum atomic E-state index is -1.44. The first-order valence-corrected chi connectivity index (χ1v) is 8.43. The molecule has 28 heavy (non-hydrogen) atoms. The van der Waals surface area contributed by atoms with Crippen molar-refractivity contribution in [3.05, 3.63) is 65.4 Å². The first-order valence-electron chi connectivity index (χ1n) is 8.43. The van der Waals surface area contributed by atoms with E-state index >= 15 is 0 Å². The van der Waals surface area contributed by atoms with E-state index in [0.717, 1.165) is 0 Å². The van der Waals surface area contributed by atoms with Crippen LogP contribution in [0.15, 0.2) is 54.2 Å². The summed E-state index contributed by atoms with van der Waals surface area (Å²) >= 11 is 0. The second-order valence-corrected chi connectivity index (χ2v) is 6.01. The lowest BCUT2D eigenvalue weighted by Gasteiger charge is -2.17. The van der Waals surface area contributed by atoms with Crippen LogP contribution in [0.3, 0.4) is 0 Å². The third kappa shape index (κ3) is 4.47. The Labute approximate surface area is 160 Å². The molecule has 0 aromatic heterocycles. The summed E-state index contributed by atoms with van der Waals surface area (Å²) in [4.78, 5) is 35.9. The fraction of sp³-hybridized carbons (Fsp3) is 0.150. The number of amides is 2. The highest BCUT2D eigenvalue weighted by Gasteiger charge is 2.18. The molecule has 0 fully saturated rings. The molecule has 8 heteroatoms. The van der Waals surface area contributed by atoms with E-state index in [1.165, 1.54) is 13.0 Å². The summed E-state index contributed by atoms with van der Waals surface area (Å²) in [7, 11) is 0. The lowest BCUT2D eigenvalue weighted by Crippen LogP contribution is -2.48. The molecule has 3 rings (SSSR count). The molecule has 0 bridgehead atoms. The van der Waals surface area contributed by atoms with Crippen LogP contribution in [0.1, 0.15) is 22.8 Å². The van der Waals surface area contributed by atoms with Crippen LogP contribution in [0.5, 0.6) is 11.5 Å². The van der Waals surface area contributed by atoms with Gasteiger partial charge in [-0.3, -0.25) is 9.59 Å². The molecule has 0 radical (unpaired) electrons. The van der Waals surface area contributed by atoms with Crippen molar-refractivity contribution >= 4 is 23.9 Å². The smallest absolute Gasteiger partial charge is 0.268 e. The van der Waals surface area contributed by atoms with Gasteiger partial charge in [-0.2, -0.15) is 0 Å². The van der Waals surface area contributed by atoms with E-state index in [1.54, 1.807) is 48.5 Å². The summed E-state index contributed by atoms with van der Waals surface area (Å²) in [5.74, 6) is -1.64. The number of fused-ring (bicyclic) bond motifs is 1. The van der Waals surface area contributed by atoms with Crippen LogP contribution in [0.4, 0.5) is 0 Å². The lowest BCUT2D eigenvalue weighted by atomic mass is 10.1. The summed E-state index contributed by atoms with van der Waals surface area (Å²) in [6.45, 7) is 1.37. The maximum atomic E-state index is 12.5. The predicted molar refractivity (Wildman–Crippen MR) is 97.1 cm³/mol. The number of hydrogen-bond acceptors (Lipinski definition) is 6. The van der Waals surface area contributed by atoms with Gasteiger partial charge in [0.15, 0.2) is 11.5 Å². The molecule has 0 aliphatic carbocycles. The van der Waals surface area contributed by atoms with Gasteiger partial charge in [0.1, 0.15) is 5.70 Å². The van der Waals surface area contributed by atoms with E-state index in [-0.39, 0.29) is 12.5 Å². The molecule has 2 aromatic rings. The van der Waals surface area contributed by atoms with Gasteiger partial charge in [-0.05, 0) is 42.8 Å². The van der Waals surface area contributed by atoms with Crippen LogP contribution in [0.25, 0.3) is 6.08 Å². The van der Waals surface area contributed by atoms with Gasteiger partial charge in [0.05, 0.1) is 12.0 Å². The molecule has 2 amide bonds. The zero-order valence-corrected chi connectivity index (χ0v) is 14.9. The van der Waals surface area contributed by atoms with Gasteiger partial charge < -0.3 is 30.0 Å². The number of hydrogen-bond donors (Lipinski definition) is 2. The minimum Gasteiger partial charge on any atom is -0.548 e. The third-order valence-corrected chi connectivity index (χ3v) is 3.94. The summed E-state index contributed by atoms with van der Waals surface area (Å²) in [6.07, 6.45) is 1.42. The van der Waals surface area contributed by atoms with Crippen molar-refractivity contribution < 1.29 is 29.0 Å². The first kappa shape index (κ1) is 19.0. The summed E-state index contributed by atoms with van der Waals surface area (Å²) in [6, 6.07) is 12.1. The van der Waals surface area contributed by atoms with E-state index in [9.17, 15) is 19.5 Å². The fourth-order valence-corrected chi connectivity index (χ4v) is 2.45. The SMILES string of the molecule is C[C@@H](NC(=O)/C(=C\c1ccc2c(c1)OCO2)NC(=O)c1ccccc1)C(=O)[O-]. The molecule has 1 aliphatic rings. The van der Waals surface area contributed by atoms with Crippen molar-refractivity contribution in [1.29, 1.82) is 0 Å². The molecule has 0 saturated carbocycles. The first-order chi connectivity index (χ1) is 13.4. The summed E-state index contributed by atoms with van der Waals surface area (Å²) in [5.41, 5.74) is 0.782. The van der Waals surface area contributed by atoms with Crippen LogP contribution in [0.2, 0.25) is 0 Å². The van der Waals surface area contributed by atoms with Gasteiger partial charge in [-0.25, -0.2) is 0 Å². The highest BCUT2D eigenvalue weighted by Crippen LogP contribution is 2.33. The molecular weight excluding hydrogens is 364 g/mol. The van der Waals surface area contributed by atoms with Crippen molar-refractivity contribution in [3.63, 3.8) is 0 Å². The number of nitrogens with one attached hydrogen (secondary N) is 2. The number of carbonyl (C=O) groups excluding carboxylic acids is 3. The van der Waals surface area contributed by atoms with E-state index in [2.05, 4.69) is 10.6 Å². The number of carboxylic acids is 1. The van der Waals surface area contributed by atoms with Gasteiger partial charge in [0, 0.05) is 5.56 Å². The molecule has 8 nitrogen and oxygen atoms in total. The maximum Gasteiger partial charge on any atom is 0.268 e. The quantitative estimate of drug-likeness (QED) is 0.702. The van der Waals surface area contributed by atoms with Crippen LogP contribution in [0, 0.1) is 0 Å². The Hall–Kier alpha value is -3.81. The second kappa shape index (κ2) is 8.26. The Bertz CT molecular complexity index is 939. The van der Waals surface area contributed by atoms with Crippen LogP contribution in [-0.4, -0.2) is 30.6 Å². The van der Waals surface area contributed by atoms with Crippen molar-refractivity contribution in [2.24, 2.45) is 0 Å². The number of carbonyl (C=O) groups is 3. The van der Waals surface area contributed by atoms with Gasteiger partial charge >= 0.3 is 0 Å². The van der Waals surface area contributed by atoms with Gasteiger partial charge in [0.2, 0.25) is 6.79 Å². The molecule has 1 atom stereocenters. The second-order valence-electron chi connectivity index (χ2n) is 6.01. The summed E-state index contributed by atoms with van der Waals surface area (Å²) < 4.78 is 10.5. The zero-order chi connectivity index (χ0) is 20.1. The van der Waals surface area contributed by atoms with E-state index in [4.69, 9.17) is 9.47 Å². The Morgan fingerprint density at radius 1 is 1.07 bits per heavy atom. The number of rotatable bonds is 6. The number of carboxylic acid groups (broad SMARTS) is 1. The summed E-state index contributed by atoms with van der Waals surface area (Å²) in [5, 5.41) is 15.7. The Morgan fingerprint density at radius 3 is 2.50 bits per heavy atom. The molecule has 1 heterocycles. The molecule has 0 spiro atoms. The number of ether oxygens (including phenoxy) is 2. The maximum absolute atomic E-state index is 12.5. The lowest BCUT2D eigenvalue weighted by molar-refractivity contribution is -0.307. The number of aliphatic carboxylic acids is 1. The van der Waals surface area contributed by atoms with E-state index < -0.39 is 23.8 Å². The van der Waals surface area contributed by atoms with Crippen LogP contribution < -0.4 is 25.2 Å². The Morgan fingerprint density at radius 2 is 1.79 bits per heavy atom. The average Bonchev–Trinajstić information content (AvgIpc) is 3.15. The van der Waals surface area contributed by atoms with Crippen molar-refractivity contribution in [3.8, 4) is 11.5 Å². The number of benzene rings is 2. The van der Waals surface area contributed by atoms with Crippen molar-refractivity contribution in [2.75, 3.05) is 6.79 Å². The zero-order valence-electron chi connectivity index (χ0n) is 14.9. The largest absolute Gasteiger partial charge is 0.548 e. The predicted octanol–water partition coefficient (Wildman–Crippen LogP) is 0.441. The monoisotopic (exact) mass is 381 g/mol.